The molecule has 0 unspecified atom stereocenters. The van der Waals surface area contributed by atoms with Crippen LogP contribution in [0.15, 0.2) is 36.5 Å². The van der Waals surface area contributed by atoms with Gasteiger partial charge in [0.05, 0.1) is 11.4 Å². The number of aliphatic hydroxyl groups is 1. The fourth-order valence-corrected chi connectivity index (χ4v) is 1.87. The molecule has 2 rings (SSSR count). The average molecular weight is 244 g/mol. The van der Waals surface area contributed by atoms with Crippen LogP contribution in [0.4, 0.5) is 0 Å². The Balaban J connectivity index is 2.23. The average Bonchev–Trinajstić information content (AvgIpc) is 2.77. The third-order valence-electron chi connectivity index (χ3n) is 3.01. The summed E-state index contributed by atoms with van der Waals surface area (Å²) in [5.41, 5.74) is 3.45. The van der Waals surface area contributed by atoms with Gasteiger partial charge in [0.1, 0.15) is 0 Å². The molecule has 0 saturated heterocycles. The van der Waals surface area contributed by atoms with Crippen LogP contribution >= 0.6 is 0 Å². The summed E-state index contributed by atoms with van der Waals surface area (Å²) in [6.45, 7) is 6.75. The van der Waals surface area contributed by atoms with Gasteiger partial charge in [-0.1, -0.05) is 32.9 Å². The van der Waals surface area contributed by atoms with Crippen molar-refractivity contribution >= 4 is 0 Å². The number of aromatic nitrogens is 2. The molecule has 0 bridgehead atoms. The first-order valence-electron chi connectivity index (χ1n) is 6.27. The number of rotatable bonds is 3. The van der Waals surface area contributed by atoms with Crippen LogP contribution in [-0.4, -0.2) is 21.5 Å². The summed E-state index contributed by atoms with van der Waals surface area (Å²) in [6, 6.07) is 10.4. The fourth-order valence-electron chi connectivity index (χ4n) is 1.87. The zero-order valence-corrected chi connectivity index (χ0v) is 11.2. The zero-order chi connectivity index (χ0) is 13.2. The van der Waals surface area contributed by atoms with Gasteiger partial charge in [-0.25, -0.2) is 4.68 Å². The van der Waals surface area contributed by atoms with Crippen LogP contribution in [0.25, 0.3) is 5.69 Å². The van der Waals surface area contributed by atoms with Crippen molar-refractivity contribution in [1.29, 1.82) is 0 Å². The first-order valence-corrected chi connectivity index (χ1v) is 6.27. The first-order chi connectivity index (χ1) is 8.50. The molecule has 1 aromatic heterocycles. The van der Waals surface area contributed by atoms with Gasteiger partial charge < -0.3 is 5.11 Å². The second-order valence-electron chi connectivity index (χ2n) is 5.52. The van der Waals surface area contributed by atoms with Crippen molar-refractivity contribution in [2.24, 2.45) is 0 Å². The molecule has 0 radical (unpaired) electrons. The van der Waals surface area contributed by atoms with Gasteiger partial charge in [-0.15, -0.1) is 0 Å². The van der Waals surface area contributed by atoms with Crippen LogP contribution in [0.5, 0.6) is 0 Å². The lowest BCUT2D eigenvalue weighted by Crippen LogP contribution is -2.10. The highest BCUT2D eigenvalue weighted by atomic mass is 16.3. The summed E-state index contributed by atoms with van der Waals surface area (Å²) in [5.74, 6) is 0. The Hall–Kier alpha value is -1.61. The minimum absolute atomic E-state index is 0.139. The monoisotopic (exact) mass is 244 g/mol. The summed E-state index contributed by atoms with van der Waals surface area (Å²) in [5, 5.41) is 13.3. The molecule has 0 aliphatic rings. The third kappa shape index (κ3) is 2.79. The van der Waals surface area contributed by atoms with Crippen molar-refractivity contribution in [1.82, 2.24) is 9.78 Å². The van der Waals surface area contributed by atoms with E-state index < -0.39 is 0 Å². The Bertz CT molecular complexity index is 506. The molecule has 0 aliphatic heterocycles. The van der Waals surface area contributed by atoms with Crippen LogP contribution in [-0.2, 0) is 11.8 Å². The Morgan fingerprint density at radius 1 is 1.11 bits per heavy atom. The highest BCUT2D eigenvalue weighted by Gasteiger charge is 2.13. The molecule has 0 aliphatic carbocycles. The van der Waals surface area contributed by atoms with Gasteiger partial charge in [0.2, 0.25) is 0 Å². The molecular weight excluding hydrogens is 224 g/mol. The largest absolute Gasteiger partial charge is 0.396 e. The molecule has 96 valence electrons. The molecule has 0 saturated carbocycles. The van der Waals surface area contributed by atoms with Crippen molar-refractivity contribution in [3.63, 3.8) is 0 Å². The predicted octanol–water partition coefficient (Wildman–Crippen LogP) is 2.70. The van der Waals surface area contributed by atoms with E-state index in [0.717, 1.165) is 11.4 Å². The number of aliphatic hydroxyl groups excluding tert-OH is 1. The van der Waals surface area contributed by atoms with Crippen molar-refractivity contribution in [3.05, 3.63) is 47.8 Å². The van der Waals surface area contributed by atoms with E-state index in [1.54, 1.807) is 0 Å². The lowest BCUT2D eigenvalue weighted by atomic mass is 9.87. The van der Waals surface area contributed by atoms with E-state index in [0.29, 0.717) is 6.42 Å². The van der Waals surface area contributed by atoms with E-state index in [1.807, 2.05) is 16.9 Å². The second-order valence-corrected chi connectivity index (χ2v) is 5.52. The maximum atomic E-state index is 8.88. The van der Waals surface area contributed by atoms with E-state index in [9.17, 15) is 0 Å². The molecule has 0 spiro atoms. The Morgan fingerprint density at radius 2 is 1.78 bits per heavy atom. The number of hydrogen-bond acceptors (Lipinski definition) is 2. The Kier molecular flexibility index (Phi) is 3.53. The van der Waals surface area contributed by atoms with Crippen molar-refractivity contribution in [2.45, 2.75) is 32.6 Å². The standard InChI is InChI=1S/C15H20N2O/c1-15(2,3)12-4-6-14(7-5-12)17-10-8-13(16-17)9-11-18/h4-8,10,18H,9,11H2,1-3H3. The third-order valence-corrected chi connectivity index (χ3v) is 3.01. The molecule has 1 N–H and O–H groups in total. The summed E-state index contributed by atoms with van der Waals surface area (Å²) < 4.78 is 1.84. The van der Waals surface area contributed by atoms with Gasteiger partial charge in [-0.3, -0.25) is 0 Å². The van der Waals surface area contributed by atoms with Gasteiger partial charge in [-0.05, 0) is 29.2 Å². The highest BCUT2D eigenvalue weighted by molar-refractivity contribution is 5.36. The molecule has 3 heteroatoms. The number of nitrogens with zero attached hydrogens (tertiary/aromatic N) is 2. The van der Waals surface area contributed by atoms with Crippen LogP contribution in [0, 0.1) is 0 Å². The zero-order valence-electron chi connectivity index (χ0n) is 11.2. The lowest BCUT2D eigenvalue weighted by Gasteiger charge is -2.19. The van der Waals surface area contributed by atoms with Gasteiger partial charge in [0, 0.05) is 19.2 Å². The maximum absolute atomic E-state index is 8.88. The molecule has 0 atom stereocenters. The molecule has 2 aromatic rings. The molecule has 1 aromatic carbocycles. The van der Waals surface area contributed by atoms with Crippen molar-refractivity contribution in [3.8, 4) is 5.69 Å². The smallest absolute Gasteiger partial charge is 0.0651 e. The van der Waals surface area contributed by atoms with Crippen molar-refractivity contribution < 1.29 is 5.11 Å². The van der Waals surface area contributed by atoms with E-state index in [1.165, 1.54) is 5.56 Å². The fraction of sp³-hybridized carbons (Fsp3) is 0.400. The first kappa shape index (κ1) is 12.8. The normalized spacial score (nSPS) is 11.8. The summed E-state index contributed by atoms with van der Waals surface area (Å²) in [7, 11) is 0. The van der Waals surface area contributed by atoms with Crippen LogP contribution < -0.4 is 0 Å². The molecular formula is C15H20N2O. The van der Waals surface area contributed by atoms with Crippen molar-refractivity contribution in [2.75, 3.05) is 6.61 Å². The van der Waals surface area contributed by atoms with Gasteiger partial charge in [0.15, 0.2) is 0 Å². The molecule has 18 heavy (non-hydrogen) atoms. The summed E-state index contributed by atoms with van der Waals surface area (Å²) >= 11 is 0. The van der Waals surface area contributed by atoms with Gasteiger partial charge in [-0.2, -0.15) is 5.10 Å². The quantitative estimate of drug-likeness (QED) is 0.901. The summed E-state index contributed by atoms with van der Waals surface area (Å²) in [6.07, 6.45) is 2.53. The van der Waals surface area contributed by atoms with Gasteiger partial charge in [0.25, 0.3) is 0 Å². The molecule has 3 nitrogen and oxygen atoms in total. The van der Waals surface area contributed by atoms with Crippen LogP contribution in [0.1, 0.15) is 32.0 Å². The van der Waals surface area contributed by atoms with Crippen LogP contribution in [0.2, 0.25) is 0 Å². The van der Waals surface area contributed by atoms with Crippen LogP contribution in [0.3, 0.4) is 0 Å². The van der Waals surface area contributed by atoms with E-state index >= 15 is 0 Å². The highest BCUT2D eigenvalue weighted by Crippen LogP contribution is 2.23. The molecule has 0 fully saturated rings. The van der Waals surface area contributed by atoms with Gasteiger partial charge >= 0.3 is 0 Å². The Labute approximate surface area is 108 Å². The predicted molar refractivity (Wildman–Crippen MR) is 73.1 cm³/mol. The maximum Gasteiger partial charge on any atom is 0.0651 e. The van der Waals surface area contributed by atoms with E-state index in [-0.39, 0.29) is 12.0 Å². The topological polar surface area (TPSA) is 38.0 Å². The second kappa shape index (κ2) is 4.94. The minimum atomic E-state index is 0.139. The summed E-state index contributed by atoms with van der Waals surface area (Å²) in [4.78, 5) is 0. The van der Waals surface area contributed by atoms with E-state index in [4.69, 9.17) is 5.11 Å². The number of benzene rings is 1. The lowest BCUT2D eigenvalue weighted by molar-refractivity contribution is 0.298. The molecule has 1 heterocycles. The minimum Gasteiger partial charge on any atom is -0.396 e. The van der Waals surface area contributed by atoms with E-state index in [2.05, 4.69) is 50.1 Å². The SMILES string of the molecule is CC(C)(C)c1ccc(-n2ccc(CCO)n2)cc1. The number of hydrogen-bond donors (Lipinski definition) is 1. The Morgan fingerprint density at radius 3 is 2.33 bits per heavy atom. The molecule has 0 amide bonds.